The van der Waals surface area contributed by atoms with Gasteiger partial charge in [-0.05, 0) is 24.7 Å². The van der Waals surface area contributed by atoms with Gasteiger partial charge in [-0.25, -0.2) is 14.8 Å². The molecule has 33 heavy (non-hydrogen) atoms. The third-order valence-corrected chi connectivity index (χ3v) is 6.91. The van der Waals surface area contributed by atoms with E-state index in [1.54, 1.807) is 6.92 Å². The van der Waals surface area contributed by atoms with Gasteiger partial charge in [0.05, 0.1) is 18.5 Å². The lowest BCUT2D eigenvalue weighted by molar-refractivity contribution is -0.147. The zero-order chi connectivity index (χ0) is 23.2. The minimum absolute atomic E-state index is 0.109. The summed E-state index contributed by atoms with van der Waals surface area (Å²) >= 11 is 8.09. The first kappa shape index (κ1) is 23.0. The van der Waals surface area contributed by atoms with E-state index in [1.165, 1.54) is 33.5 Å². The topological polar surface area (TPSA) is 76.7 Å². The van der Waals surface area contributed by atoms with Crippen molar-refractivity contribution in [1.82, 2.24) is 9.55 Å². The highest BCUT2D eigenvalue weighted by Crippen LogP contribution is 2.32. The molecule has 2 aromatic heterocycles. The van der Waals surface area contributed by atoms with Crippen molar-refractivity contribution in [2.45, 2.75) is 19.4 Å². The summed E-state index contributed by atoms with van der Waals surface area (Å²) in [6.07, 6.45) is 1.88. The summed E-state index contributed by atoms with van der Waals surface area (Å²) in [5.41, 5.74) is 2.79. The van der Waals surface area contributed by atoms with Crippen LogP contribution < -0.4 is 0 Å². The SMILES string of the molecule is CCOC(=O)[C@H](Cc1ccccc1)n1c(O)c(C=Nc2nc(-c3ccccc3)cs2)sc1=S. The Morgan fingerprint density at radius 3 is 2.61 bits per heavy atom. The molecule has 2 heterocycles. The Bertz CT molecular complexity index is 1310. The normalized spacial score (nSPS) is 12.2. The summed E-state index contributed by atoms with van der Waals surface area (Å²) in [6, 6.07) is 18.6. The van der Waals surface area contributed by atoms with E-state index in [4.69, 9.17) is 17.0 Å². The number of aliphatic imine (C=N–C) groups is 1. The molecule has 0 saturated heterocycles. The molecule has 1 atom stereocenters. The lowest BCUT2D eigenvalue weighted by Gasteiger charge is -2.18. The van der Waals surface area contributed by atoms with Crippen LogP contribution in [0.4, 0.5) is 5.13 Å². The van der Waals surface area contributed by atoms with Crippen LogP contribution in [0.5, 0.6) is 5.88 Å². The number of hydrogen-bond acceptors (Lipinski definition) is 8. The Kier molecular flexibility index (Phi) is 7.43. The smallest absolute Gasteiger partial charge is 0.329 e. The molecule has 0 radical (unpaired) electrons. The van der Waals surface area contributed by atoms with Crippen LogP contribution in [-0.4, -0.2) is 33.4 Å². The maximum Gasteiger partial charge on any atom is 0.329 e. The van der Waals surface area contributed by atoms with E-state index in [-0.39, 0.29) is 12.5 Å². The van der Waals surface area contributed by atoms with Crippen molar-refractivity contribution in [2.24, 2.45) is 4.99 Å². The largest absolute Gasteiger partial charge is 0.493 e. The highest BCUT2D eigenvalue weighted by Gasteiger charge is 2.27. The van der Waals surface area contributed by atoms with Crippen molar-refractivity contribution in [3.8, 4) is 17.1 Å². The van der Waals surface area contributed by atoms with Crippen LogP contribution in [-0.2, 0) is 16.0 Å². The van der Waals surface area contributed by atoms with Gasteiger partial charge in [-0.15, -0.1) is 11.3 Å². The first-order valence-electron chi connectivity index (χ1n) is 10.3. The molecule has 4 aromatic rings. The van der Waals surface area contributed by atoms with Crippen molar-refractivity contribution in [3.05, 3.63) is 80.4 Å². The number of carbonyl (C=O) groups excluding carboxylic acids is 1. The van der Waals surface area contributed by atoms with Gasteiger partial charge in [0.25, 0.3) is 0 Å². The van der Waals surface area contributed by atoms with E-state index in [1.807, 2.05) is 66.0 Å². The molecule has 4 rings (SSSR count). The van der Waals surface area contributed by atoms with Crippen LogP contribution in [0.2, 0.25) is 0 Å². The van der Waals surface area contributed by atoms with Gasteiger partial charge in [-0.1, -0.05) is 72.0 Å². The average molecular weight is 496 g/mol. The molecule has 1 N–H and O–H groups in total. The standard InChI is InChI=1S/C24H21N3O3S3/c1-2-30-22(29)19(13-16-9-5-3-6-10-16)27-21(28)20(33-24(27)31)14-25-23-26-18(15-32-23)17-11-7-4-8-12-17/h3-12,14-15,19,28H,2,13H2,1H3/t19-/m0/s1. The fraction of sp³-hybridized carbons (Fsp3) is 0.167. The number of benzene rings is 2. The summed E-state index contributed by atoms with van der Waals surface area (Å²) in [5, 5.41) is 13.4. The predicted molar refractivity (Wildman–Crippen MR) is 135 cm³/mol. The Balaban J connectivity index is 1.61. The van der Waals surface area contributed by atoms with Gasteiger partial charge >= 0.3 is 5.97 Å². The number of aromatic nitrogens is 2. The van der Waals surface area contributed by atoms with Crippen molar-refractivity contribution >= 4 is 52.2 Å². The van der Waals surface area contributed by atoms with Crippen LogP contribution in [0.15, 0.2) is 71.0 Å². The zero-order valence-electron chi connectivity index (χ0n) is 17.7. The van der Waals surface area contributed by atoms with E-state index >= 15 is 0 Å². The van der Waals surface area contributed by atoms with Crippen molar-refractivity contribution in [2.75, 3.05) is 6.61 Å². The molecule has 0 aliphatic rings. The molecular weight excluding hydrogens is 474 g/mol. The van der Waals surface area contributed by atoms with Gasteiger partial charge in [-0.2, -0.15) is 0 Å². The summed E-state index contributed by atoms with van der Waals surface area (Å²) in [7, 11) is 0. The molecule has 168 valence electrons. The molecule has 6 nitrogen and oxygen atoms in total. The fourth-order valence-electron chi connectivity index (χ4n) is 3.29. The van der Waals surface area contributed by atoms with Gasteiger partial charge in [0, 0.05) is 17.4 Å². The first-order chi connectivity index (χ1) is 16.1. The van der Waals surface area contributed by atoms with Crippen LogP contribution in [0.25, 0.3) is 11.3 Å². The van der Waals surface area contributed by atoms with Crippen molar-refractivity contribution in [3.63, 3.8) is 0 Å². The molecule has 0 bridgehead atoms. The maximum absolute atomic E-state index is 12.7. The monoisotopic (exact) mass is 495 g/mol. The number of ether oxygens (including phenoxy) is 1. The highest BCUT2D eigenvalue weighted by molar-refractivity contribution is 7.73. The molecule has 2 aromatic carbocycles. The zero-order valence-corrected chi connectivity index (χ0v) is 20.2. The van der Waals surface area contributed by atoms with Crippen molar-refractivity contribution in [1.29, 1.82) is 0 Å². The number of carbonyl (C=O) groups is 1. The van der Waals surface area contributed by atoms with Crippen molar-refractivity contribution < 1.29 is 14.6 Å². The number of hydrogen-bond donors (Lipinski definition) is 1. The van der Waals surface area contributed by atoms with Gasteiger partial charge in [0.2, 0.25) is 11.0 Å². The molecule has 9 heteroatoms. The Labute approximate surface area is 204 Å². The first-order valence-corrected chi connectivity index (χ1v) is 12.4. The lowest BCUT2D eigenvalue weighted by atomic mass is 10.1. The van der Waals surface area contributed by atoms with E-state index < -0.39 is 12.0 Å². The fourth-order valence-corrected chi connectivity index (χ4v) is 5.24. The number of thiazole rings is 2. The second kappa shape index (κ2) is 10.7. The minimum Gasteiger partial charge on any atom is -0.493 e. The van der Waals surface area contributed by atoms with Gasteiger partial charge < -0.3 is 9.84 Å². The summed E-state index contributed by atoms with van der Waals surface area (Å²) in [6.45, 7) is 1.99. The van der Waals surface area contributed by atoms with Gasteiger partial charge in [0.1, 0.15) is 10.9 Å². The van der Waals surface area contributed by atoms with E-state index in [9.17, 15) is 9.90 Å². The van der Waals surface area contributed by atoms with E-state index in [0.717, 1.165) is 16.8 Å². The number of rotatable bonds is 8. The highest BCUT2D eigenvalue weighted by atomic mass is 32.1. The van der Waals surface area contributed by atoms with Crippen LogP contribution in [0.3, 0.4) is 0 Å². The molecule has 0 aliphatic carbocycles. The van der Waals surface area contributed by atoms with Crippen LogP contribution in [0.1, 0.15) is 23.4 Å². The molecule has 0 amide bonds. The average Bonchev–Trinajstić information content (AvgIpc) is 3.42. The second-order valence-electron chi connectivity index (χ2n) is 7.02. The molecular formula is C24H21N3O3S3. The number of esters is 1. The van der Waals surface area contributed by atoms with E-state index in [0.29, 0.717) is 20.4 Å². The third kappa shape index (κ3) is 5.44. The van der Waals surface area contributed by atoms with Crippen LogP contribution >= 0.6 is 34.9 Å². The Morgan fingerprint density at radius 1 is 1.21 bits per heavy atom. The van der Waals surface area contributed by atoms with E-state index in [2.05, 4.69) is 9.98 Å². The molecule has 0 fully saturated rings. The summed E-state index contributed by atoms with van der Waals surface area (Å²) in [5.74, 6) is -0.552. The second-order valence-corrected chi connectivity index (χ2v) is 9.54. The minimum atomic E-state index is -0.775. The number of nitrogens with zero attached hydrogens (tertiary/aromatic N) is 3. The summed E-state index contributed by atoms with van der Waals surface area (Å²) in [4.78, 5) is 22.2. The third-order valence-electron chi connectivity index (χ3n) is 4.84. The number of aromatic hydroxyl groups is 1. The molecule has 0 aliphatic heterocycles. The lowest BCUT2D eigenvalue weighted by Crippen LogP contribution is -2.24. The summed E-state index contributed by atoms with van der Waals surface area (Å²) < 4.78 is 7.09. The van der Waals surface area contributed by atoms with Crippen LogP contribution in [0, 0.1) is 3.95 Å². The molecule has 0 spiro atoms. The Morgan fingerprint density at radius 2 is 1.91 bits per heavy atom. The van der Waals surface area contributed by atoms with Gasteiger partial charge in [-0.3, -0.25) is 4.57 Å². The molecule has 0 unspecified atom stereocenters. The Hall–Kier alpha value is -3.14. The predicted octanol–water partition coefficient (Wildman–Crippen LogP) is 6.21. The maximum atomic E-state index is 12.7. The van der Waals surface area contributed by atoms with Gasteiger partial charge in [0.15, 0.2) is 3.95 Å². The quantitative estimate of drug-likeness (QED) is 0.179. The molecule has 0 saturated carbocycles.